The summed E-state index contributed by atoms with van der Waals surface area (Å²) in [5.41, 5.74) is 14.0. The fraction of sp³-hybridized carbons (Fsp3) is 0. The number of hydrogen-bond donors (Lipinski definition) is 4. The van der Waals surface area contributed by atoms with Gasteiger partial charge in [-0.25, -0.2) is 0 Å². The van der Waals surface area contributed by atoms with Gasteiger partial charge in [-0.15, -0.1) is 0 Å². The third-order valence-corrected chi connectivity index (χ3v) is 2.20. The van der Waals surface area contributed by atoms with Crippen molar-refractivity contribution in [2.24, 2.45) is 0 Å². The van der Waals surface area contributed by atoms with Crippen LogP contribution in [0.2, 0.25) is 0 Å². The summed E-state index contributed by atoms with van der Waals surface area (Å²) >= 11 is 0. The summed E-state index contributed by atoms with van der Waals surface area (Å²) in [4.78, 5) is 0. The van der Waals surface area contributed by atoms with Crippen LogP contribution in [0.3, 0.4) is 0 Å². The van der Waals surface area contributed by atoms with Crippen molar-refractivity contribution in [3.8, 4) is 5.75 Å². The van der Waals surface area contributed by atoms with E-state index in [0.29, 0.717) is 11.4 Å². The lowest BCUT2D eigenvalue weighted by atomic mass is 10.2. The van der Waals surface area contributed by atoms with Crippen LogP contribution in [0.15, 0.2) is 42.5 Å². The lowest BCUT2D eigenvalue weighted by molar-refractivity contribution is 0.478. The number of anilines is 4. The normalized spacial score (nSPS) is 10.0. The minimum atomic E-state index is 0.0816. The molecule has 0 unspecified atom stereocenters. The Balaban J connectivity index is 2.24. The SMILES string of the molecule is Nc1cccc(Nc2ccc(O)c(N)c2)c1. The van der Waals surface area contributed by atoms with E-state index >= 15 is 0 Å². The number of hydrogen-bond acceptors (Lipinski definition) is 4. The van der Waals surface area contributed by atoms with Crippen LogP contribution in [-0.2, 0) is 0 Å². The second-order valence-electron chi connectivity index (χ2n) is 3.52. The average Bonchev–Trinajstić information content (AvgIpc) is 2.24. The number of phenolic OH excluding ortho intramolecular Hbond substituents is 1. The summed E-state index contributed by atoms with van der Waals surface area (Å²) in [6, 6.07) is 12.4. The van der Waals surface area contributed by atoms with Gasteiger partial charge in [-0.2, -0.15) is 0 Å². The Labute approximate surface area is 93.5 Å². The van der Waals surface area contributed by atoms with Gasteiger partial charge < -0.3 is 21.9 Å². The second-order valence-corrected chi connectivity index (χ2v) is 3.52. The molecule has 4 heteroatoms. The fourth-order valence-corrected chi connectivity index (χ4v) is 1.42. The zero-order valence-corrected chi connectivity index (χ0v) is 8.64. The Morgan fingerprint density at radius 1 is 0.938 bits per heavy atom. The van der Waals surface area contributed by atoms with Crippen molar-refractivity contribution >= 4 is 22.7 Å². The summed E-state index contributed by atoms with van der Waals surface area (Å²) in [7, 11) is 0. The standard InChI is InChI=1S/C12H13N3O/c13-8-2-1-3-9(6-8)15-10-4-5-12(16)11(14)7-10/h1-7,15-16H,13-14H2. The van der Waals surface area contributed by atoms with Crippen LogP contribution in [0.25, 0.3) is 0 Å². The molecule has 2 aromatic carbocycles. The Bertz CT molecular complexity index is 511. The molecule has 0 atom stereocenters. The van der Waals surface area contributed by atoms with Crippen molar-refractivity contribution in [3.63, 3.8) is 0 Å². The van der Waals surface area contributed by atoms with Crippen LogP contribution in [-0.4, -0.2) is 5.11 Å². The highest BCUT2D eigenvalue weighted by Crippen LogP contribution is 2.26. The highest BCUT2D eigenvalue weighted by atomic mass is 16.3. The highest BCUT2D eigenvalue weighted by molar-refractivity contribution is 5.68. The van der Waals surface area contributed by atoms with E-state index in [4.69, 9.17) is 11.5 Å². The topological polar surface area (TPSA) is 84.3 Å². The highest BCUT2D eigenvalue weighted by Gasteiger charge is 1.99. The molecule has 2 rings (SSSR count). The van der Waals surface area contributed by atoms with E-state index in [1.807, 2.05) is 24.3 Å². The summed E-state index contributed by atoms with van der Waals surface area (Å²) in [5.74, 6) is 0.0816. The van der Waals surface area contributed by atoms with Gasteiger partial charge in [-0.1, -0.05) is 6.07 Å². The summed E-state index contributed by atoms with van der Waals surface area (Å²) in [6.45, 7) is 0. The zero-order chi connectivity index (χ0) is 11.5. The first-order chi connectivity index (χ1) is 7.65. The summed E-state index contributed by atoms with van der Waals surface area (Å²) in [6.07, 6.45) is 0. The number of nitrogen functional groups attached to an aromatic ring is 2. The van der Waals surface area contributed by atoms with E-state index in [1.165, 1.54) is 0 Å². The molecular weight excluding hydrogens is 202 g/mol. The van der Waals surface area contributed by atoms with Gasteiger partial charge >= 0.3 is 0 Å². The van der Waals surface area contributed by atoms with Gasteiger partial charge in [0.15, 0.2) is 0 Å². The summed E-state index contributed by atoms with van der Waals surface area (Å²) < 4.78 is 0. The Morgan fingerprint density at radius 2 is 1.69 bits per heavy atom. The first kappa shape index (κ1) is 10.2. The van der Waals surface area contributed by atoms with Gasteiger partial charge in [-0.3, -0.25) is 0 Å². The van der Waals surface area contributed by atoms with Crippen LogP contribution < -0.4 is 16.8 Å². The number of phenols is 1. The lowest BCUT2D eigenvalue weighted by Crippen LogP contribution is -1.93. The predicted molar refractivity (Wildman–Crippen MR) is 66.7 cm³/mol. The molecule has 4 nitrogen and oxygen atoms in total. The summed E-state index contributed by atoms with van der Waals surface area (Å²) in [5, 5.41) is 12.4. The minimum absolute atomic E-state index is 0.0816. The molecule has 0 amide bonds. The molecule has 6 N–H and O–H groups in total. The molecule has 0 bridgehead atoms. The molecule has 2 aromatic rings. The van der Waals surface area contributed by atoms with E-state index in [9.17, 15) is 5.11 Å². The number of nitrogens with two attached hydrogens (primary N) is 2. The first-order valence-corrected chi connectivity index (χ1v) is 4.86. The molecule has 0 heterocycles. The van der Waals surface area contributed by atoms with Crippen LogP contribution in [0, 0.1) is 0 Å². The monoisotopic (exact) mass is 215 g/mol. The molecule has 16 heavy (non-hydrogen) atoms. The van der Waals surface area contributed by atoms with E-state index in [0.717, 1.165) is 11.4 Å². The quantitative estimate of drug-likeness (QED) is 0.352. The van der Waals surface area contributed by atoms with Gasteiger partial charge in [0.05, 0.1) is 5.69 Å². The van der Waals surface area contributed by atoms with Gasteiger partial charge in [-0.05, 0) is 36.4 Å². The van der Waals surface area contributed by atoms with E-state index < -0.39 is 0 Å². The van der Waals surface area contributed by atoms with Gasteiger partial charge in [0.25, 0.3) is 0 Å². The van der Waals surface area contributed by atoms with E-state index in [1.54, 1.807) is 18.2 Å². The first-order valence-electron chi connectivity index (χ1n) is 4.86. The van der Waals surface area contributed by atoms with Crippen LogP contribution in [0.5, 0.6) is 5.75 Å². The Hall–Kier alpha value is -2.36. The third kappa shape index (κ3) is 2.17. The molecule has 0 aromatic heterocycles. The van der Waals surface area contributed by atoms with Gasteiger partial charge in [0, 0.05) is 17.1 Å². The number of nitrogens with one attached hydrogen (secondary N) is 1. The maximum absolute atomic E-state index is 9.28. The minimum Gasteiger partial charge on any atom is -0.506 e. The van der Waals surface area contributed by atoms with Crippen LogP contribution in [0.1, 0.15) is 0 Å². The third-order valence-electron chi connectivity index (χ3n) is 2.20. The van der Waals surface area contributed by atoms with Crippen LogP contribution >= 0.6 is 0 Å². The predicted octanol–water partition coefficient (Wildman–Crippen LogP) is 2.30. The van der Waals surface area contributed by atoms with Crippen molar-refractivity contribution in [3.05, 3.63) is 42.5 Å². The van der Waals surface area contributed by atoms with Crippen molar-refractivity contribution in [1.82, 2.24) is 0 Å². The molecular formula is C12H13N3O. The zero-order valence-electron chi connectivity index (χ0n) is 8.64. The number of aromatic hydroxyl groups is 1. The lowest BCUT2D eigenvalue weighted by Gasteiger charge is -2.08. The average molecular weight is 215 g/mol. The van der Waals surface area contributed by atoms with Gasteiger partial charge in [0.1, 0.15) is 5.75 Å². The second kappa shape index (κ2) is 4.02. The molecule has 0 aliphatic carbocycles. The van der Waals surface area contributed by atoms with Crippen LogP contribution in [0.4, 0.5) is 22.7 Å². The molecule has 0 fully saturated rings. The molecule has 0 aliphatic rings. The van der Waals surface area contributed by atoms with Crippen molar-refractivity contribution < 1.29 is 5.11 Å². The number of benzene rings is 2. The molecule has 0 saturated carbocycles. The number of rotatable bonds is 2. The van der Waals surface area contributed by atoms with Crippen molar-refractivity contribution in [2.75, 3.05) is 16.8 Å². The van der Waals surface area contributed by atoms with Gasteiger partial charge in [0.2, 0.25) is 0 Å². The molecule has 0 saturated heterocycles. The Morgan fingerprint density at radius 3 is 2.38 bits per heavy atom. The van der Waals surface area contributed by atoms with E-state index in [-0.39, 0.29) is 5.75 Å². The Kier molecular flexibility index (Phi) is 2.55. The maximum Gasteiger partial charge on any atom is 0.138 e. The fourth-order valence-electron chi connectivity index (χ4n) is 1.42. The van der Waals surface area contributed by atoms with Crippen molar-refractivity contribution in [2.45, 2.75) is 0 Å². The van der Waals surface area contributed by atoms with E-state index in [2.05, 4.69) is 5.32 Å². The molecule has 82 valence electrons. The molecule has 0 aliphatic heterocycles. The van der Waals surface area contributed by atoms with Crippen molar-refractivity contribution in [1.29, 1.82) is 0 Å². The smallest absolute Gasteiger partial charge is 0.138 e. The largest absolute Gasteiger partial charge is 0.506 e. The molecule has 0 radical (unpaired) electrons. The molecule has 0 spiro atoms. The maximum atomic E-state index is 9.28.